The number of nitrogens with one attached hydrogen (secondary N) is 2. The number of hydrogen-bond acceptors (Lipinski definition) is 4. The molecule has 3 aliphatic carbocycles. The first-order valence-corrected chi connectivity index (χ1v) is 11.4. The molecule has 1 aromatic carbocycles. The van der Waals surface area contributed by atoms with E-state index in [1.807, 2.05) is 0 Å². The molecule has 1 aromatic rings. The topological polar surface area (TPSA) is 81.6 Å². The number of rotatable bonds is 2. The fourth-order valence-electron chi connectivity index (χ4n) is 6.38. The van der Waals surface area contributed by atoms with Crippen LogP contribution in [0.1, 0.15) is 68.9 Å². The molecule has 0 radical (unpaired) electrons. The number of phenols is 1. The second kappa shape index (κ2) is 8.52. The van der Waals surface area contributed by atoms with Crippen LogP contribution in [0.3, 0.4) is 0 Å². The van der Waals surface area contributed by atoms with Crippen molar-refractivity contribution in [2.24, 2.45) is 5.92 Å². The standard InChI is InChI=1S/C21H30N2O.C2HF3O2/c24-20-13-17-14(12-19(20)23-15-5-1-2-6-15)11-18-16-7-3-4-8-21(16,17)9-10-22-18;3-2(4,5)1(6)7/h12-13,15-16,18,22-24H,1-11H2;(H,6,7)/t16-,18+,21+;/m1./s1. The number of phenolic OH excluding ortho intramolecular Hbond substituents is 1. The van der Waals surface area contributed by atoms with Gasteiger partial charge in [-0.15, -0.1) is 0 Å². The molecule has 31 heavy (non-hydrogen) atoms. The molecule has 1 aliphatic heterocycles. The molecule has 0 aromatic heterocycles. The van der Waals surface area contributed by atoms with E-state index in [1.165, 1.54) is 68.9 Å². The zero-order chi connectivity index (χ0) is 22.2. The number of carboxylic acids is 1. The lowest BCUT2D eigenvalue weighted by molar-refractivity contribution is -0.192. The molecule has 8 heteroatoms. The summed E-state index contributed by atoms with van der Waals surface area (Å²) in [5, 5.41) is 25.3. The number of carbonyl (C=O) groups is 1. The summed E-state index contributed by atoms with van der Waals surface area (Å²) < 4.78 is 31.7. The van der Waals surface area contributed by atoms with E-state index in [2.05, 4.69) is 22.8 Å². The highest BCUT2D eigenvalue weighted by Crippen LogP contribution is 2.55. The highest BCUT2D eigenvalue weighted by molar-refractivity contribution is 5.73. The van der Waals surface area contributed by atoms with Crippen LogP contribution < -0.4 is 10.6 Å². The maximum Gasteiger partial charge on any atom is 0.490 e. The zero-order valence-electron chi connectivity index (χ0n) is 17.6. The predicted octanol–water partition coefficient (Wildman–Crippen LogP) is 4.73. The number of halogens is 3. The Morgan fingerprint density at radius 3 is 2.45 bits per heavy atom. The van der Waals surface area contributed by atoms with Crippen LogP contribution in [0.4, 0.5) is 18.9 Å². The SMILES string of the molecule is O=C(O)C(F)(F)F.Oc1cc2c(cc1NC1CCCC1)C[C@@H]1NCC[C@]23CCCC[C@H]13. The summed E-state index contributed by atoms with van der Waals surface area (Å²) in [6.07, 6.45) is 7.84. The average molecular weight is 441 g/mol. The van der Waals surface area contributed by atoms with Gasteiger partial charge in [0.2, 0.25) is 0 Å². The van der Waals surface area contributed by atoms with Gasteiger partial charge >= 0.3 is 12.1 Å². The van der Waals surface area contributed by atoms with Crippen LogP contribution in [0.15, 0.2) is 12.1 Å². The molecule has 3 atom stereocenters. The molecular weight excluding hydrogens is 409 g/mol. The Hall–Kier alpha value is -1.96. The number of benzene rings is 1. The molecule has 3 fully saturated rings. The van der Waals surface area contributed by atoms with Crippen molar-refractivity contribution >= 4 is 11.7 Å². The molecular formula is C23H31F3N2O3. The van der Waals surface area contributed by atoms with Gasteiger partial charge in [0.25, 0.3) is 0 Å². The molecule has 4 N–H and O–H groups in total. The van der Waals surface area contributed by atoms with Crippen molar-refractivity contribution in [3.05, 3.63) is 23.3 Å². The normalized spacial score (nSPS) is 29.9. The minimum absolute atomic E-state index is 0.338. The fraction of sp³-hybridized carbons (Fsp3) is 0.696. The van der Waals surface area contributed by atoms with Crippen molar-refractivity contribution in [2.75, 3.05) is 11.9 Å². The summed E-state index contributed by atoms with van der Waals surface area (Å²) in [6.45, 7) is 1.14. The fourth-order valence-corrected chi connectivity index (χ4v) is 6.38. The van der Waals surface area contributed by atoms with E-state index in [1.54, 1.807) is 0 Å². The van der Waals surface area contributed by atoms with Gasteiger partial charge < -0.3 is 20.8 Å². The number of alkyl halides is 3. The van der Waals surface area contributed by atoms with Crippen LogP contribution in [-0.2, 0) is 16.6 Å². The van der Waals surface area contributed by atoms with Crippen LogP contribution in [0.2, 0.25) is 0 Å². The van der Waals surface area contributed by atoms with Gasteiger partial charge in [-0.25, -0.2) is 4.79 Å². The predicted molar refractivity (Wildman–Crippen MR) is 111 cm³/mol. The van der Waals surface area contributed by atoms with Crippen molar-refractivity contribution in [3.63, 3.8) is 0 Å². The molecule has 4 aliphatic rings. The van der Waals surface area contributed by atoms with E-state index >= 15 is 0 Å². The molecule has 172 valence electrons. The van der Waals surface area contributed by atoms with Gasteiger partial charge in [-0.3, -0.25) is 0 Å². The molecule has 0 unspecified atom stereocenters. The van der Waals surface area contributed by atoms with E-state index in [0.29, 0.717) is 23.2 Å². The number of carboxylic acid groups (broad SMARTS) is 1. The van der Waals surface area contributed by atoms with Gasteiger partial charge in [0.1, 0.15) is 5.75 Å². The number of fused-ring (bicyclic) bond motifs is 1. The van der Waals surface area contributed by atoms with E-state index in [0.717, 1.165) is 24.6 Å². The lowest BCUT2D eigenvalue weighted by atomic mass is 9.53. The van der Waals surface area contributed by atoms with E-state index in [-0.39, 0.29) is 0 Å². The minimum Gasteiger partial charge on any atom is -0.506 e. The first-order valence-electron chi connectivity index (χ1n) is 11.4. The first kappa shape index (κ1) is 22.2. The molecule has 1 heterocycles. The Morgan fingerprint density at radius 2 is 1.77 bits per heavy atom. The van der Waals surface area contributed by atoms with E-state index in [9.17, 15) is 18.3 Å². The minimum atomic E-state index is -5.08. The number of piperidine rings is 1. The third kappa shape index (κ3) is 4.36. The lowest BCUT2D eigenvalue weighted by Crippen LogP contribution is -2.59. The highest BCUT2D eigenvalue weighted by atomic mass is 19.4. The van der Waals surface area contributed by atoms with Crippen LogP contribution >= 0.6 is 0 Å². The van der Waals surface area contributed by atoms with Crippen molar-refractivity contribution in [2.45, 2.75) is 87.9 Å². The third-order valence-corrected chi connectivity index (χ3v) is 7.72. The highest BCUT2D eigenvalue weighted by Gasteiger charge is 2.51. The van der Waals surface area contributed by atoms with Crippen LogP contribution in [0.5, 0.6) is 5.75 Å². The number of hydrogen-bond donors (Lipinski definition) is 4. The molecule has 0 amide bonds. The third-order valence-electron chi connectivity index (χ3n) is 7.72. The molecule has 2 saturated carbocycles. The number of aromatic hydroxyl groups is 1. The Morgan fingerprint density at radius 1 is 1.10 bits per heavy atom. The lowest BCUT2D eigenvalue weighted by Gasteiger charge is -2.56. The summed E-state index contributed by atoms with van der Waals surface area (Å²) in [7, 11) is 0. The van der Waals surface area contributed by atoms with Crippen molar-refractivity contribution in [3.8, 4) is 5.75 Å². The van der Waals surface area contributed by atoms with Gasteiger partial charge in [-0.05, 0) is 74.2 Å². The molecule has 5 nitrogen and oxygen atoms in total. The quantitative estimate of drug-likeness (QED) is 0.500. The zero-order valence-corrected chi connectivity index (χ0v) is 17.6. The van der Waals surface area contributed by atoms with Crippen LogP contribution in [0.25, 0.3) is 0 Å². The maximum atomic E-state index is 10.7. The number of anilines is 1. The van der Waals surface area contributed by atoms with Crippen molar-refractivity contribution < 1.29 is 28.2 Å². The maximum absolute atomic E-state index is 10.7. The summed E-state index contributed by atoms with van der Waals surface area (Å²) in [5.41, 5.74) is 4.29. The Labute approximate surface area is 180 Å². The molecule has 1 saturated heterocycles. The van der Waals surface area contributed by atoms with Gasteiger partial charge in [0.05, 0.1) is 5.69 Å². The first-order chi connectivity index (χ1) is 14.7. The van der Waals surface area contributed by atoms with Crippen LogP contribution in [0, 0.1) is 5.92 Å². The summed E-state index contributed by atoms with van der Waals surface area (Å²) >= 11 is 0. The summed E-state index contributed by atoms with van der Waals surface area (Å²) in [4.78, 5) is 8.90. The van der Waals surface area contributed by atoms with Crippen molar-refractivity contribution in [1.82, 2.24) is 5.32 Å². The van der Waals surface area contributed by atoms with Gasteiger partial charge in [-0.2, -0.15) is 13.2 Å². The molecule has 5 rings (SSSR count). The Balaban J connectivity index is 0.000000289. The summed E-state index contributed by atoms with van der Waals surface area (Å²) in [5.74, 6) is -1.50. The second-order valence-corrected chi connectivity index (χ2v) is 9.48. The van der Waals surface area contributed by atoms with Crippen LogP contribution in [-0.4, -0.2) is 41.0 Å². The molecule has 2 bridgehead atoms. The average Bonchev–Trinajstić information content (AvgIpc) is 3.22. The summed E-state index contributed by atoms with van der Waals surface area (Å²) in [6, 6.07) is 5.63. The van der Waals surface area contributed by atoms with Gasteiger partial charge in [0, 0.05) is 17.5 Å². The van der Waals surface area contributed by atoms with E-state index in [4.69, 9.17) is 9.90 Å². The Bertz CT molecular complexity index is 819. The van der Waals surface area contributed by atoms with Gasteiger partial charge in [0.15, 0.2) is 0 Å². The smallest absolute Gasteiger partial charge is 0.490 e. The molecule has 0 spiro atoms. The monoisotopic (exact) mass is 440 g/mol. The van der Waals surface area contributed by atoms with Gasteiger partial charge in [-0.1, -0.05) is 25.7 Å². The number of aliphatic carboxylic acids is 1. The second-order valence-electron chi connectivity index (χ2n) is 9.48. The largest absolute Gasteiger partial charge is 0.506 e. The van der Waals surface area contributed by atoms with Crippen molar-refractivity contribution in [1.29, 1.82) is 0 Å². The van der Waals surface area contributed by atoms with E-state index < -0.39 is 12.1 Å². The Kier molecular flexibility index (Phi) is 6.12.